The van der Waals surface area contributed by atoms with Gasteiger partial charge in [0, 0.05) is 17.5 Å². The van der Waals surface area contributed by atoms with Crippen molar-refractivity contribution in [1.29, 1.82) is 0 Å². The molecule has 0 saturated heterocycles. The highest BCUT2D eigenvalue weighted by atomic mass is 19.4. The van der Waals surface area contributed by atoms with E-state index in [0.717, 1.165) is 6.07 Å². The number of hydrazine groups is 1. The molecular weight excluding hydrogens is 365 g/mol. The fraction of sp³-hybridized carbons (Fsp3) is 0.111. The number of carbonyl (C=O) groups is 1. The maximum atomic E-state index is 12.9. The largest absolute Gasteiger partial charge is 0.484 e. The van der Waals surface area contributed by atoms with Gasteiger partial charge < -0.3 is 9.15 Å². The van der Waals surface area contributed by atoms with Gasteiger partial charge in [-0.2, -0.15) is 13.2 Å². The van der Waals surface area contributed by atoms with Crippen LogP contribution in [0.3, 0.4) is 0 Å². The van der Waals surface area contributed by atoms with Crippen LogP contribution in [0.5, 0.6) is 5.75 Å². The molecule has 0 fully saturated rings. The van der Waals surface area contributed by atoms with Crippen LogP contribution in [-0.2, 0) is 11.0 Å². The topological polar surface area (TPSA) is 80.6 Å². The molecule has 1 heterocycles. The number of hydrogen-bond acceptors (Lipinski definition) is 5. The number of alkyl halides is 3. The highest BCUT2D eigenvalue weighted by Gasteiger charge is 2.33. The molecule has 9 heteroatoms. The van der Waals surface area contributed by atoms with E-state index in [4.69, 9.17) is 9.15 Å². The van der Waals surface area contributed by atoms with Gasteiger partial charge in [-0.3, -0.25) is 15.6 Å². The molecule has 140 valence electrons. The quantitative estimate of drug-likeness (QED) is 0.526. The predicted octanol–water partition coefficient (Wildman–Crippen LogP) is 3.33. The highest BCUT2D eigenvalue weighted by molar-refractivity contribution is 5.80. The minimum atomic E-state index is -4.56. The third-order valence-corrected chi connectivity index (χ3v) is 3.53. The van der Waals surface area contributed by atoms with Gasteiger partial charge in [0.1, 0.15) is 11.3 Å². The maximum Gasteiger partial charge on any atom is 0.418 e. The molecule has 0 spiro atoms. The molecule has 6 nitrogen and oxygen atoms in total. The van der Waals surface area contributed by atoms with Gasteiger partial charge in [0.05, 0.1) is 11.3 Å². The highest BCUT2D eigenvalue weighted by Crippen LogP contribution is 2.34. The molecule has 27 heavy (non-hydrogen) atoms. The molecule has 0 aliphatic rings. The van der Waals surface area contributed by atoms with Crippen molar-refractivity contribution in [2.24, 2.45) is 0 Å². The zero-order chi connectivity index (χ0) is 19.4. The van der Waals surface area contributed by atoms with Crippen molar-refractivity contribution in [3.8, 4) is 5.75 Å². The summed E-state index contributed by atoms with van der Waals surface area (Å²) in [4.78, 5) is 23.0. The van der Waals surface area contributed by atoms with Gasteiger partial charge in [-0.1, -0.05) is 12.1 Å². The smallest absolute Gasteiger partial charge is 0.418 e. The van der Waals surface area contributed by atoms with Crippen LogP contribution >= 0.6 is 0 Å². The van der Waals surface area contributed by atoms with Gasteiger partial charge in [-0.05, 0) is 30.3 Å². The van der Waals surface area contributed by atoms with Crippen molar-refractivity contribution in [3.63, 3.8) is 0 Å². The Kier molecular flexibility index (Phi) is 5.02. The first-order valence-corrected chi connectivity index (χ1v) is 7.71. The Morgan fingerprint density at radius 2 is 1.81 bits per heavy atom. The molecule has 0 saturated carbocycles. The second kappa shape index (κ2) is 7.40. The first kappa shape index (κ1) is 18.3. The Labute approximate surface area is 150 Å². The number of benzene rings is 2. The van der Waals surface area contributed by atoms with Crippen LogP contribution in [0.2, 0.25) is 0 Å². The van der Waals surface area contributed by atoms with Crippen LogP contribution in [0.4, 0.5) is 18.9 Å². The first-order valence-electron chi connectivity index (χ1n) is 7.71. The molecule has 2 aromatic carbocycles. The Morgan fingerprint density at radius 1 is 1.07 bits per heavy atom. The summed E-state index contributed by atoms with van der Waals surface area (Å²) < 4.78 is 48.9. The van der Waals surface area contributed by atoms with Crippen molar-refractivity contribution < 1.29 is 27.1 Å². The van der Waals surface area contributed by atoms with Crippen molar-refractivity contribution in [2.75, 3.05) is 12.0 Å². The summed E-state index contributed by atoms with van der Waals surface area (Å²) in [6.45, 7) is -0.455. The van der Waals surface area contributed by atoms with Crippen molar-refractivity contribution >= 4 is 22.6 Å². The summed E-state index contributed by atoms with van der Waals surface area (Å²) in [5.74, 6) is -0.427. The second-order valence-corrected chi connectivity index (χ2v) is 5.46. The number of fused-ring (bicyclic) bond motifs is 1. The van der Waals surface area contributed by atoms with Crippen LogP contribution in [0.25, 0.3) is 11.0 Å². The molecule has 3 rings (SSSR count). The van der Waals surface area contributed by atoms with E-state index < -0.39 is 29.9 Å². The molecular formula is C18H13F3N2O4. The number of ether oxygens (including phenoxy) is 1. The molecule has 0 aliphatic carbocycles. The molecule has 0 radical (unpaired) electrons. The van der Waals surface area contributed by atoms with Crippen molar-refractivity contribution in [1.82, 2.24) is 5.43 Å². The molecule has 1 aromatic heterocycles. The third-order valence-electron chi connectivity index (χ3n) is 3.53. The van der Waals surface area contributed by atoms with E-state index in [-0.39, 0.29) is 17.0 Å². The maximum absolute atomic E-state index is 12.9. The molecule has 0 unspecified atom stereocenters. The summed E-state index contributed by atoms with van der Waals surface area (Å²) in [6.07, 6.45) is -4.56. The number of nitrogens with one attached hydrogen (secondary N) is 2. The number of halogens is 3. The zero-order valence-electron chi connectivity index (χ0n) is 13.7. The van der Waals surface area contributed by atoms with E-state index in [1.54, 1.807) is 18.2 Å². The van der Waals surface area contributed by atoms with Gasteiger partial charge in [0.25, 0.3) is 5.91 Å². The zero-order valence-corrected chi connectivity index (χ0v) is 13.7. The number of amides is 1. The van der Waals surface area contributed by atoms with E-state index in [1.165, 1.54) is 30.3 Å². The Bertz CT molecular complexity index is 1030. The van der Waals surface area contributed by atoms with Gasteiger partial charge in [-0.25, -0.2) is 4.79 Å². The van der Waals surface area contributed by atoms with E-state index in [9.17, 15) is 22.8 Å². The van der Waals surface area contributed by atoms with Gasteiger partial charge in [-0.15, -0.1) is 0 Å². The average molecular weight is 378 g/mol. The summed E-state index contributed by atoms with van der Waals surface area (Å²) in [5, 5.41) is 0.678. The molecule has 0 atom stereocenters. The number of hydrogen-bond donors (Lipinski definition) is 2. The lowest BCUT2D eigenvalue weighted by Crippen LogP contribution is -2.34. The van der Waals surface area contributed by atoms with E-state index >= 15 is 0 Å². The lowest BCUT2D eigenvalue weighted by atomic mass is 10.2. The first-order chi connectivity index (χ1) is 12.8. The van der Waals surface area contributed by atoms with Crippen LogP contribution in [-0.4, -0.2) is 12.5 Å². The number of anilines is 1. The SMILES string of the molecule is O=C(COc1ccc2ccc(=O)oc2c1)NNc1ccccc1C(F)(F)F. The summed E-state index contributed by atoms with van der Waals surface area (Å²) in [6, 6.07) is 12.3. The molecule has 1 amide bonds. The summed E-state index contributed by atoms with van der Waals surface area (Å²) in [7, 11) is 0. The Hall–Kier alpha value is -3.49. The van der Waals surface area contributed by atoms with Crippen LogP contribution < -0.4 is 21.2 Å². The predicted molar refractivity (Wildman–Crippen MR) is 91.2 cm³/mol. The van der Waals surface area contributed by atoms with E-state index in [2.05, 4.69) is 10.9 Å². The lowest BCUT2D eigenvalue weighted by molar-refractivity contribution is -0.137. The van der Waals surface area contributed by atoms with Crippen LogP contribution in [0, 0.1) is 0 Å². The van der Waals surface area contributed by atoms with E-state index in [1.807, 2.05) is 0 Å². The summed E-state index contributed by atoms with van der Waals surface area (Å²) >= 11 is 0. The van der Waals surface area contributed by atoms with Gasteiger partial charge in [0.2, 0.25) is 0 Å². The van der Waals surface area contributed by atoms with E-state index in [0.29, 0.717) is 5.39 Å². The molecule has 0 aliphatic heterocycles. The van der Waals surface area contributed by atoms with Gasteiger partial charge >= 0.3 is 11.8 Å². The molecule has 2 N–H and O–H groups in total. The van der Waals surface area contributed by atoms with Crippen LogP contribution in [0.15, 0.2) is 63.8 Å². The summed E-state index contributed by atoms with van der Waals surface area (Å²) in [5.41, 5.74) is 2.95. The Balaban J connectivity index is 1.60. The number of para-hydroxylation sites is 1. The van der Waals surface area contributed by atoms with Crippen molar-refractivity contribution in [2.45, 2.75) is 6.18 Å². The minimum Gasteiger partial charge on any atom is -0.484 e. The minimum absolute atomic E-state index is 0.266. The average Bonchev–Trinajstić information content (AvgIpc) is 2.63. The standard InChI is InChI=1S/C18H13F3N2O4/c19-18(20,21)13-3-1-2-4-14(13)22-23-16(24)10-26-12-7-5-11-6-8-17(25)27-15(11)9-12/h1-9,22H,10H2,(H,23,24). The Morgan fingerprint density at radius 3 is 2.59 bits per heavy atom. The lowest BCUT2D eigenvalue weighted by Gasteiger charge is -2.15. The van der Waals surface area contributed by atoms with Gasteiger partial charge in [0.15, 0.2) is 6.61 Å². The molecule has 0 bridgehead atoms. The second-order valence-electron chi connectivity index (χ2n) is 5.46. The fourth-order valence-electron chi connectivity index (χ4n) is 2.29. The fourth-order valence-corrected chi connectivity index (χ4v) is 2.29. The third kappa shape index (κ3) is 4.57. The molecule has 3 aromatic rings. The number of carbonyl (C=O) groups excluding carboxylic acids is 1. The van der Waals surface area contributed by atoms with Crippen LogP contribution in [0.1, 0.15) is 5.56 Å². The normalized spacial score (nSPS) is 11.2. The van der Waals surface area contributed by atoms with Crippen molar-refractivity contribution in [3.05, 3.63) is 70.6 Å². The monoisotopic (exact) mass is 378 g/mol. The number of rotatable bonds is 5.